The largest absolute Gasteiger partial charge is 0.441 e. The molecule has 3 unspecified atom stereocenters. The zero-order chi connectivity index (χ0) is 14.0. The van der Waals surface area contributed by atoms with E-state index in [0.29, 0.717) is 23.1 Å². The molecule has 0 N–H and O–H groups in total. The summed E-state index contributed by atoms with van der Waals surface area (Å²) in [4.78, 5) is 0.393. The van der Waals surface area contributed by atoms with Gasteiger partial charge in [-0.2, -0.15) is 13.2 Å². The molecule has 0 heterocycles. The molecule has 0 aromatic carbocycles. The molecule has 0 spiro atoms. The fourth-order valence-corrected chi connectivity index (χ4v) is 4.03. The highest BCUT2D eigenvalue weighted by atomic mass is 79.9. The molecule has 1 rings (SSSR count). The third-order valence-electron chi connectivity index (χ3n) is 3.87. The minimum atomic E-state index is -4.08. The van der Waals surface area contributed by atoms with Crippen LogP contribution in [0.15, 0.2) is 0 Å². The third-order valence-corrected chi connectivity index (χ3v) is 5.84. The molecule has 108 valence electrons. The second-order valence-corrected chi connectivity index (χ2v) is 8.57. The summed E-state index contributed by atoms with van der Waals surface area (Å²) in [7, 11) is 0. The van der Waals surface area contributed by atoms with Crippen molar-refractivity contribution in [3.8, 4) is 0 Å². The van der Waals surface area contributed by atoms with E-state index in [2.05, 4.69) is 36.7 Å². The van der Waals surface area contributed by atoms with E-state index >= 15 is 0 Å². The molecule has 0 aliphatic heterocycles. The maximum atomic E-state index is 12.1. The highest BCUT2D eigenvalue weighted by Crippen LogP contribution is 2.44. The Balaban J connectivity index is 2.43. The summed E-state index contributed by atoms with van der Waals surface area (Å²) < 4.78 is 36.4. The lowest BCUT2D eigenvalue weighted by Gasteiger charge is -2.40. The van der Waals surface area contributed by atoms with Gasteiger partial charge >= 0.3 is 5.51 Å². The van der Waals surface area contributed by atoms with Gasteiger partial charge in [0, 0.05) is 10.6 Å². The van der Waals surface area contributed by atoms with Crippen LogP contribution in [0.4, 0.5) is 13.2 Å². The summed E-state index contributed by atoms with van der Waals surface area (Å²) in [6, 6.07) is 0. The van der Waals surface area contributed by atoms with Crippen LogP contribution in [0.25, 0.3) is 0 Å². The van der Waals surface area contributed by atoms with Crippen molar-refractivity contribution in [1.82, 2.24) is 0 Å². The molecule has 0 bridgehead atoms. The van der Waals surface area contributed by atoms with Crippen molar-refractivity contribution in [3.63, 3.8) is 0 Å². The lowest BCUT2D eigenvalue weighted by molar-refractivity contribution is -0.0328. The van der Waals surface area contributed by atoms with Crippen molar-refractivity contribution in [2.45, 2.75) is 56.8 Å². The van der Waals surface area contributed by atoms with Crippen LogP contribution in [0.3, 0.4) is 0 Å². The molecule has 1 aliphatic carbocycles. The van der Waals surface area contributed by atoms with Gasteiger partial charge < -0.3 is 0 Å². The molecule has 0 amide bonds. The quantitative estimate of drug-likeness (QED) is 0.577. The van der Waals surface area contributed by atoms with Gasteiger partial charge in [-0.05, 0) is 42.9 Å². The highest BCUT2D eigenvalue weighted by molar-refractivity contribution is 9.09. The molecule has 0 aromatic rings. The summed E-state index contributed by atoms with van der Waals surface area (Å²) in [5.74, 6) is 1.21. The van der Waals surface area contributed by atoms with Crippen molar-refractivity contribution in [2.24, 2.45) is 17.3 Å². The van der Waals surface area contributed by atoms with Crippen LogP contribution in [0.5, 0.6) is 0 Å². The zero-order valence-electron chi connectivity index (χ0n) is 11.2. The standard InChI is InChI=1S/C13H22BrF3S/c1-12(2,3)10-4-5-11(14)9(8-10)6-7-18-13(15,16)17/h9-11H,4-8H2,1-3H3. The van der Waals surface area contributed by atoms with Crippen LogP contribution < -0.4 is 0 Å². The SMILES string of the molecule is CC(C)(C)C1CCC(Br)C(CCSC(F)(F)F)C1. The average molecular weight is 347 g/mol. The second-order valence-electron chi connectivity index (χ2n) is 6.23. The predicted molar refractivity (Wildman–Crippen MR) is 76.1 cm³/mol. The van der Waals surface area contributed by atoms with E-state index in [0.717, 1.165) is 12.8 Å². The van der Waals surface area contributed by atoms with E-state index in [1.807, 2.05) is 0 Å². The Morgan fingerprint density at radius 3 is 2.28 bits per heavy atom. The molecule has 0 radical (unpaired) electrons. The first-order valence-corrected chi connectivity index (χ1v) is 8.34. The van der Waals surface area contributed by atoms with Gasteiger partial charge in [-0.25, -0.2) is 0 Å². The number of hydrogen-bond acceptors (Lipinski definition) is 1. The molecule has 1 saturated carbocycles. The Hall–Kier alpha value is 0.620. The Morgan fingerprint density at radius 1 is 1.17 bits per heavy atom. The molecule has 3 atom stereocenters. The van der Waals surface area contributed by atoms with Gasteiger partial charge in [0.2, 0.25) is 0 Å². The van der Waals surface area contributed by atoms with E-state index in [1.54, 1.807) is 0 Å². The summed E-state index contributed by atoms with van der Waals surface area (Å²) in [5.41, 5.74) is -3.82. The fraction of sp³-hybridized carbons (Fsp3) is 1.00. The molecule has 18 heavy (non-hydrogen) atoms. The van der Waals surface area contributed by atoms with Crippen molar-refractivity contribution in [2.75, 3.05) is 5.75 Å². The summed E-state index contributed by atoms with van der Waals surface area (Å²) in [5, 5.41) is 0. The number of rotatable bonds is 3. The molecule has 1 aliphatic rings. The van der Waals surface area contributed by atoms with Gasteiger partial charge in [-0.1, -0.05) is 48.5 Å². The van der Waals surface area contributed by atoms with Crippen molar-refractivity contribution in [3.05, 3.63) is 0 Å². The van der Waals surface area contributed by atoms with Crippen LogP contribution in [-0.2, 0) is 0 Å². The van der Waals surface area contributed by atoms with Gasteiger partial charge in [0.05, 0.1) is 0 Å². The molecular formula is C13H22BrF3S. The third kappa shape index (κ3) is 5.72. The molecule has 0 saturated heterocycles. The minimum absolute atomic E-state index is 0.117. The van der Waals surface area contributed by atoms with E-state index in [1.165, 1.54) is 6.42 Å². The summed E-state index contributed by atoms with van der Waals surface area (Å²) >= 11 is 3.76. The maximum Gasteiger partial charge on any atom is 0.441 e. The monoisotopic (exact) mass is 346 g/mol. The van der Waals surface area contributed by atoms with Crippen LogP contribution in [0, 0.1) is 17.3 Å². The van der Waals surface area contributed by atoms with Crippen LogP contribution in [0.2, 0.25) is 0 Å². The molecule has 5 heteroatoms. The van der Waals surface area contributed by atoms with Crippen LogP contribution in [0.1, 0.15) is 46.5 Å². The maximum absolute atomic E-state index is 12.1. The topological polar surface area (TPSA) is 0 Å². The predicted octanol–water partition coefficient (Wildman–Crippen LogP) is 5.86. The number of hydrogen-bond donors (Lipinski definition) is 0. The lowest BCUT2D eigenvalue weighted by Crippen LogP contribution is -2.32. The van der Waals surface area contributed by atoms with Gasteiger partial charge in [0.1, 0.15) is 0 Å². The normalized spacial score (nSPS) is 30.5. The molecule has 1 fully saturated rings. The first kappa shape index (κ1) is 16.7. The van der Waals surface area contributed by atoms with E-state index < -0.39 is 5.51 Å². The molecule has 0 nitrogen and oxygen atoms in total. The van der Waals surface area contributed by atoms with Gasteiger partial charge in [0.25, 0.3) is 0 Å². The van der Waals surface area contributed by atoms with Crippen molar-refractivity contribution in [1.29, 1.82) is 0 Å². The van der Waals surface area contributed by atoms with Gasteiger partial charge in [-0.15, -0.1) is 0 Å². The molecular weight excluding hydrogens is 325 g/mol. The zero-order valence-corrected chi connectivity index (χ0v) is 13.6. The molecule has 0 aromatic heterocycles. The van der Waals surface area contributed by atoms with Gasteiger partial charge in [-0.3, -0.25) is 0 Å². The van der Waals surface area contributed by atoms with Crippen molar-refractivity contribution < 1.29 is 13.2 Å². The number of alkyl halides is 4. The first-order chi connectivity index (χ1) is 8.09. The van der Waals surface area contributed by atoms with Crippen LogP contribution >= 0.6 is 27.7 Å². The van der Waals surface area contributed by atoms with Crippen molar-refractivity contribution >= 4 is 27.7 Å². The lowest BCUT2D eigenvalue weighted by atomic mass is 9.68. The smallest absolute Gasteiger partial charge is 0.160 e. The summed E-state index contributed by atoms with van der Waals surface area (Å²) in [6.07, 6.45) is 3.98. The van der Waals surface area contributed by atoms with E-state index in [9.17, 15) is 13.2 Å². The van der Waals surface area contributed by atoms with E-state index in [4.69, 9.17) is 0 Å². The second kappa shape index (κ2) is 6.38. The fourth-order valence-electron chi connectivity index (χ4n) is 2.64. The van der Waals surface area contributed by atoms with Crippen LogP contribution in [-0.4, -0.2) is 16.1 Å². The number of thioether (sulfide) groups is 1. The van der Waals surface area contributed by atoms with Gasteiger partial charge in [0.15, 0.2) is 0 Å². The number of halogens is 4. The van der Waals surface area contributed by atoms with E-state index in [-0.39, 0.29) is 22.9 Å². The average Bonchev–Trinajstić information content (AvgIpc) is 2.17. The highest BCUT2D eigenvalue weighted by Gasteiger charge is 2.35. The minimum Gasteiger partial charge on any atom is -0.160 e. The Labute approximate surface area is 121 Å². The Kier molecular flexibility index (Phi) is 5.91. The first-order valence-electron chi connectivity index (χ1n) is 6.44. The Bertz CT molecular complexity index is 260. The Morgan fingerprint density at radius 2 is 1.78 bits per heavy atom. The summed E-state index contributed by atoms with van der Waals surface area (Å²) in [6.45, 7) is 6.69.